The van der Waals surface area contributed by atoms with Gasteiger partial charge in [0.25, 0.3) is 0 Å². The third-order valence-corrected chi connectivity index (χ3v) is 3.07. The molecule has 1 aromatic heterocycles. The largest absolute Gasteiger partial charge is 0.311 e. The minimum absolute atomic E-state index is 0.179. The number of rotatable bonds is 5. The molecular weight excluding hydrogens is 198 g/mol. The highest BCUT2D eigenvalue weighted by Gasteiger charge is 2.19. The third kappa shape index (κ3) is 3.91. The quantitative estimate of drug-likeness (QED) is 0.822. The van der Waals surface area contributed by atoms with Crippen LogP contribution in [0.15, 0.2) is 18.3 Å². The van der Waals surface area contributed by atoms with Crippen LogP contribution in [0.25, 0.3) is 0 Å². The van der Waals surface area contributed by atoms with E-state index in [4.69, 9.17) is 0 Å². The molecule has 0 fully saturated rings. The molecule has 3 heteroatoms. The maximum absolute atomic E-state index is 4.28. The van der Waals surface area contributed by atoms with Gasteiger partial charge in [-0.1, -0.05) is 6.07 Å². The van der Waals surface area contributed by atoms with Crippen LogP contribution in [-0.2, 0) is 6.54 Å². The molecule has 16 heavy (non-hydrogen) atoms. The van der Waals surface area contributed by atoms with Crippen LogP contribution in [-0.4, -0.2) is 36.1 Å². The van der Waals surface area contributed by atoms with Crippen LogP contribution < -0.4 is 5.32 Å². The highest BCUT2D eigenvalue weighted by Crippen LogP contribution is 2.08. The summed E-state index contributed by atoms with van der Waals surface area (Å²) in [5.41, 5.74) is 2.48. The predicted molar refractivity (Wildman–Crippen MR) is 68.4 cm³/mol. The van der Waals surface area contributed by atoms with Gasteiger partial charge >= 0.3 is 0 Å². The lowest BCUT2D eigenvalue weighted by Crippen LogP contribution is -2.46. The number of nitrogens with one attached hydrogen (secondary N) is 1. The number of pyridine rings is 1. The molecule has 0 aliphatic rings. The van der Waals surface area contributed by atoms with Crippen molar-refractivity contribution in [2.45, 2.75) is 32.9 Å². The van der Waals surface area contributed by atoms with E-state index < -0.39 is 0 Å². The van der Waals surface area contributed by atoms with E-state index in [1.807, 2.05) is 19.2 Å². The number of aryl methyl sites for hydroxylation is 1. The van der Waals surface area contributed by atoms with E-state index in [2.05, 4.69) is 49.2 Å². The number of hydrogen-bond donors (Lipinski definition) is 1. The number of nitrogens with zero attached hydrogens (tertiary/aromatic N) is 2. The second kappa shape index (κ2) is 5.41. The van der Waals surface area contributed by atoms with Gasteiger partial charge in [0.1, 0.15) is 0 Å². The van der Waals surface area contributed by atoms with Gasteiger partial charge in [-0.2, -0.15) is 0 Å². The first-order valence-corrected chi connectivity index (χ1v) is 5.71. The Morgan fingerprint density at radius 3 is 2.50 bits per heavy atom. The topological polar surface area (TPSA) is 28.2 Å². The standard InChI is InChI=1S/C13H23N3/c1-11-6-7-12(9-15-11)8-14-10-13(2,3)16(4)5/h6-7,9,14H,8,10H2,1-5H3. The maximum Gasteiger partial charge on any atom is 0.0372 e. The normalized spacial score (nSPS) is 12.1. The van der Waals surface area contributed by atoms with E-state index >= 15 is 0 Å². The fourth-order valence-electron chi connectivity index (χ4n) is 1.27. The molecule has 0 radical (unpaired) electrons. The van der Waals surface area contributed by atoms with Crippen LogP contribution in [0, 0.1) is 6.92 Å². The average Bonchev–Trinajstić information content (AvgIpc) is 2.20. The van der Waals surface area contributed by atoms with E-state index in [1.54, 1.807) is 0 Å². The van der Waals surface area contributed by atoms with Gasteiger partial charge in [0.15, 0.2) is 0 Å². The molecule has 0 spiro atoms. The van der Waals surface area contributed by atoms with Crippen LogP contribution in [0.3, 0.4) is 0 Å². The molecule has 1 N–H and O–H groups in total. The second-order valence-corrected chi connectivity index (χ2v) is 5.12. The molecule has 1 heterocycles. The van der Waals surface area contributed by atoms with Crippen molar-refractivity contribution in [3.8, 4) is 0 Å². The molecule has 0 bridgehead atoms. The van der Waals surface area contributed by atoms with E-state index in [9.17, 15) is 0 Å². The number of aromatic nitrogens is 1. The van der Waals surface area contributed by atoms with Crippen LogP contribution in [0.5, 0.6) is 0 Å². The smallest absolute Gasteiger partial charge is 0.0372 e. The molecule has 0 aromatic carbocycles. The predicted octanol–water partition coefficient (Wildman–Crippen LogP) is 1.82. The van der Waals surface area contributed by atoms with Crippen molar-refractivity contribution in [2.24, 2.45) is 0 Å². The van der Waals surface area contributed by atoms with E-state index in [0.717, 1.165) is 18.8 Å². The highest BCUT2D eigenvalue weighted by molar-refractivity contribution is 5.12. The lowest BCUT2D eigenvalue weighted by Gasteiger charge is -2.32. The zero-order valence-electron chi connectivity index (χ0n) is 11.0. The van der Waals surface area contributed by atoms with Crippen molar-refractivity contribution < 1.29 is 0 Å². The zero-order chi connectivity index (χ0) is 12.2. The van der Waals surface area contributed by atoms with Gasteiger partial charge in [-0.15, -0.1) is 0 Å². The lowest BCUT2D eigenvalue weighted by molar-refractivity contribution is 0.190. The van der Waals surface area contributed by atoms with Gasteiger partial charge in [0, 0.05) is 30.5 Å². The first-order valence-electron chi connectivity index (χ1n) is 5.71. The van der Waals surface area contributed by atoms with Gasteiger partial charge in [0.2, 0.25) is 0 Å². The molecule has 0 atom stereocenters. The van der Waals surface area contributed by atoms with E-state index in [1.165, 1.54) is 5.56 Å². The first kappa shape index (κ1) is 13.1. The second-order valence-electron chi connectivity index (χ2n) is 5.12. The van der Waals surface area contributed by atoms with Crippen LogP contribution in [0.1, 0.15) is 25.1 Å². The van der Waals surface area contributed by atoms with Crippen LogP contribution in [0.2, 0.25) is 0 Å². The molecule has 0 aliphatic carbocycles. The molecule has 0 saturated heterocycles. The van der Waals surface area contributed by atoms with Gasteiger partial charge < -0.3 is 10.2 Å². The minimum atomic E-state index is 0.179. The summed E-state index contributed by atoms with van der Waals surface area (Å²) < 4.78 is 0. The minimum Gasteiger partial charge on any atom is -0.311 e. The Hall–Kier alpha value is -0.930. The average molecular weight is 221 g/mol. The van der Waals surface area contributed by atoms with Crippen molar-refractivity contribution in [2.75, 3.05) is 20.6 Å². The Morgan fingerprint density at radius 1 is 1.31 bits per heavy atom. The van der Waals surface area contributed by atoms with Crippen molar-refractivity contribution >= 4 is 0 Å². The summed E-state index contributed by atoms with van der Waals surface area (Å²) in [7, 11) is 4.21. The van der Waals surface area contributed by atoms with Gasteiger partial charge in [-0.3, -0.25) is 4.98 Å². The molecule has 3 nitrogen and oxygen atoms in total. The summed E-state index contributed by atoms with van der Waals surface area (Å²) in [5.74, 6) is 0. The van der Waals surface area contributed by atoms with Crippen molar-refractivity contribution in [3.63, 3.8) is 0 Å². The first-order chi connectivity index (χ1) is 7.42. The Kier molecular flexibility index (Phi) is 4.44. The maximum atomic E-state index is 4.28. The molecule has 0 aliphatic heterocycles. The fraction of sp³-hybridized carbons (Fsp3) is 0.615. The SMILES string of the molecule is Cc1ccc(CNCC(C)(C)N(C)C)cn1. The van der Waals surface area contributed by atoms with Crippen molar-refractivity contribution in [3.05, 3.63) is 29.6 Å². The van der Waals surface area contributed by atoms with Crippen LogP contribution >= 0.6 is 0 Å². The zero-order valence-corrected chi connectivity index (χ0v) is 11.0. The monoisotopic (exact) mass is 221 g/mol. The summed E-state index contributed by atoms with van der Waals surface area (Å²) >= 11 is 0. The fourth-order valence-corrected chi connectivity index (χ4v) is 1.27. The van der Waals surface area contributed by atoms with Gasteiger partial charge in [-0.25, -0.2) is 0 Å². The van der Waals surface area contributed by atoms with E-state index in [-0.39, 0.29) is 5.54 Å². The van der Waals surface area contributed by atoms with Gasteiger partial charge in [-0.05, 0) is 46.5 Å². The summed E-state index contributed by atoms with van der Waals surface area (Å²) in [6.07, 6.45) is 1.94. The Bertz CT molecular complexity index is 314. The molecular formula is C13H23N3. The van der Waals surface area contributed by atoms with Crippen molar-refractivity contribution in [1.82, 2.24) is 15.2 Å². The van der Waals surface area contributed by atoms with Gasteiger partial charge in [0.05, 0.1) is 0 Å². The highest BCUT2D eigenvalue weighted by atomic mass is 15.2. The summed E-state index contributed by atoms with van der Waals surface area (Å²) in [4.78, 5) is 6.51. The number of hydrogen-bond acceptors (Lipinski definition) is 3. The summed E-state index contributed by atoms with van der Waals surface area (Å²) in [6.45, 7) is 8.31. The van der Waals surface area contributed by atoms with Crippen LogP contribution in [0.4, 0.5) is 0 Å². The summed E-state index contributed by atoms with van der Waals surface area (Å²) in [6, 6.07) is 4.17. The molecule has 1 aromatic rings. The van der Waals surface area contributed by atoms with Crippen molar-refractivity contribution in [1.29, 1.82) is 0 Å². The van der Waals surface area contributed by atoms with E-state index in [0.29, 0.717) is 0 Å². The summed E-state index contributed by atoms with van der Waals surface area (Å²) in [5, 5.41) is 3.46. The molecule has 0 unspecified atom stereocenters. The molecule has 1 rings (SSSR count). The third-order valence-electron chi connectivity index (χ3n) is 3.07. The molecule has 0 saturated carbocycles. The molecule has 0 amide bonds. The molecule has 90 valence electrons. The Balaban J connectivity index is 2.39. The lowest BCUT2D eigenvalue weighted by atomic mass is 10.0. The Morgan fingerprint density at radius 2 is 2.00 bits per heavy atom. The Labute approximate surface area is 98.9 Å². The number of likely N-dealkylation sites (N-methyl/N-ethyl adjacent to an activating group) is 1.